The fourth-order valence-corrected chi connectivity index (χ4v) is 1.13. The van der Waals surface area contributed by atoms with Crippen LogP contribution in [0.15, 0.2) is 0 Å². The van der Waals surface area contributed by atoms with Crippen molar-refractivity contribution < 1.29 is 23.9 Å². The Labute approximate surface area is 107 Å². The number of rotatable bonds is 5. The maximum Gasteiger partial charge on any atom is 0.328 e. The highest BCUT2D eigenvalue weighted by atomic mass is 16.5. The van der Waals surface area contributed by atoms with E-state index in [0.29, 0.717) is 0 Å². The Bertz CT molecular complexity index is 319. The van der Waals surface area contributed by atoms with Gasteiger partial charge in [0.15, 0.2) is 0 Å². The molecule has 0 bridgehead atoms. The van der Waals surface area contributed by atoms with Gasteiger partial charge in [-0.3, -0.25) is 9.59 Å². The number of nitrogens with one attached hydrogen (secondary N) is 1. The zero-order valence-electron chi connectivity index (χ0n) is 11.5. The lowest BCUT2D eigenvalue weighted by Gasteiger charge is -2.22. The van der Waals surface area contributed by atoms with E-state index in [1.54, 1.807) is 20.8 Å². The zero-order chi connectivity index (χ0) is 14.3. The molecule has 0 spiro atoms. The molecule has 0 heterocycles. The molecule has 0 unspecified atom stereocenters. The van der Waals surface area contributed by atoms with Crippen molar-refractivity contribution >= 4 is 17.8 Å². The number of hydrogen-bond acceptors (Lipinski definition) is 5. The van der Waals surface area contributed by atoms with Crippen molar-refractivity contribution in [3.05, 3.63) is 0 Å². The molecule has 0 aliphatic rings. The lowest BCUT2D eigenvalue weighted by molar-refractivity contribution is -0.147. The summed E-state index contributed by atoms with van der Waals surface area (Å²) in [5, 5.41) is 2.57. The second-order valence-electron chi connectivity index (χ2n) is 4.91. The summed E-state index contributed by atoms with van der Waals surface area (Å²) in [6.07, 6.45) is 0.196. The number of amides is 1. The van der Waals surface area contributed by atoms with Crippen molar-refractivity contribution in [2.75, 3.05) is 14.2 Å². The summed E-state index contributed by atoms with van der Waals surface area (Å²) < 4.78 is 9.07. The second kappa shape index (κ2) is 6.98. The standard InChI is InChI=1S/C12H21NO5/c1-12(2,3)11(16)13-8(10(15)18-5)6-7-9(14)17-4/h8H,6-7H2,1-5H3,(H,13,16)/t8-/m0/s1. The first-order valence-corrected chi connectivity index (χ1v) is 5.68. The number of ether oxygens (including phenoxy) is 2. The number of hydrogen-bond donors (Lipinski definition) is 1. The van der Waals surface area contributed by atoms with Crippen molar-refractivity contribution in [1.82, 2.24) is 5.32 Å². The topological polar surface area (TPSA) is 81.7 Å². The third kappa shape index (κ3) is 5.65. The summed E-state index contributed by atoms with van der Waals surface area (Å²) in [7, 11) is 2.50. The highest BCUT2D eigenvalue weighted by Crippen LogP contribution is 2.14. The molecule has 0 rings (SSSR count). The average molecular weight is 259 g/mol. The summed E-state index contributed by atoms with van der Waals surface area (Å²) in [5.74, 6) is -1.28. The van der Waals surface area contributed by atoms with Gasteiger partial charge in [0.05, 0.1) is 14.2 Å². The molecule has 6 heteroatoms. The third-order valence-corrected chi connectivity index (χ3v) is 2.34. The number of carbonyl (C=O) groups is 3. The summed E-state index contributed by atoms with van der Waals surface area (Å²) in [6.45, 7) is 5.20. The van der Waals surface area contributed by atoms with Crippen molar-refractivity contribution in [3.8, 4) is 0 Å². The van der Waals surface area contributed by atoms with Gasteiger partial charge < -0.3 is 14.8 Å². The van der Waals surface area contributed by atoms with Crippen LogP contribution in [0, 0.1) is 5.41 Å². The van der Waals surface area contributed by atoms with Crippen molar-refractivity contribution in [2.45, 2.75) is 39.7 Å². The fraction of sp³-hybridized carbons (Fsp3) is 0.750. The van der Waals surface area contributed by atoms with Crippen molar-refractivity contribution in [3.63, 3.8) is 0 Å². The van der Waals surface area contributed by atoms with Gasteiger partial charge in [-0.25, -0.2) is 4.79 Å². The molecular formula is C12H21NO5. The van der Waals surface area contributed by atoms with Crippen LogP contribution in [0.4, 0.5) is 0 Å². The average Bonchev–Trinajstić information content (AvgIpc) is 2.31. The van der Waals surface area contributed by atoms with Crippen molar-refractivity contribution in [2.24, 2.45) is 5.41 Å². The molecule has 0 aromatic rings. The first-order chi connectivity index (χ1) is 8.22. The summed E-state index contributed by atoms with van der Waals surface area (Å²) in [4.78, 5) is 34.3. The third-order valence-electron chi connectivity index (χ3n) is 2.34. The molecule has 0 radical (unpaired) electrons. The quantitative estimate of drug-likeness (QED) is 0.733. The van der Waals surface area contributed by atoms with E-state index < -0.39 is 23.4 Å². The smallest absolute Gasteiger partial charge is 0.328 e. The molecule has 0 saturated heterocycles. The number of methoxy groups -OCH3 is 2. The van der Waals surface area contributed by atoms with E-state index in [0.717, 1.165) is 0 Å². The predicted octanol–water partition coefficient (Wildman–Crippen LogP) is 0.643. The summed E-state index contributed by atoms with van der Waals surface area (Å²) in [6, 6.07) is -0.833. The van der Waals surface area contributed by atoms with Gasteiger partial charge in [-0.05, 0) is 6.42 Å². The van der Waals surface area contributed by atoms with Crippen LogP contribution in [0.2, 0.25) is 0 Å². The molecule has 0 saturated carbocycles. The Morgan fingerprint density at radius 1 is 1.11 bits per heavy atom. The van der Waals surface area contributed by atoms with Gasteiger partial charge in [-0.2, -0.15) is 0 Å². The minimum atomic E-state index is -0.833. The van der Waals surface area contributed by atoms with Gasteiger partial charge in [0, 0.05) is 11.8 Å². The lowest BCUT2D eigenvalue weighted by Crippen LogP contribution is -2.46. The Morgan fingerprint density at radius 2 is 1.67 bits per heavy atom. The molecule has 0 fully saturated rings. The molecule has 0 aromatic heterocycles. The van der Waals surface area contributed by atoms with Crippen LogP contribution < -0.4 is 5.32 Å². The lowest BCUT2D eigenvalue weighted by atomic mass is 9.95. The fourth-order valence-electron chi connectivity index (χ4n) is 1.13. The molecule has 0 aromatic carbocycles. The Kier molecular flexibility index (Phi) is 6.36. The Hall–Kier alpha value is -1.59. The second-order valence-corrected chi connectivity index (χ2v) is 4.91. The molecule has 6 nitrogen and oxygen atoms in total. The predicted molar refractivity (Wildman–Crippen MR) is 64.7 cm³/mol. The van der Waals surface area contributed by atoms with Crippen LogP contribution in [-0.2, 0) is 23.9 Å². The van der Waals surface area contributed by atoms with Gasteiger partial charge >= 0.3 is 11.9 Å². The minimum absolute atomic E-state index is 0.0424. The van der Waals surface area contributed by atoms with E-state index in [2.05, 4.69) is 14.8 Å². The monoisotopic (exact) mass is 259 g/mol. The van der Waals surface area contributed by atoms with Crippen LogP contribution in [0.1, 0.15) is 33.6 Å². The molecule has 1 atom stereocenters. The van der Waals surface area contributed by atoms with E-state index in [9.17, 15) is 14.4 Å². The van der Waals surface area contributed by atoms with E-state index >= 15 is 0 Å². The largest absolute Gasteiger partial charge is 0.469 e. The molecule has 1 N–H and O–H groups in total. The van der Waals surface area contributed by atoms with Crippen LogP contribution in [0.25, 0.3) is 0 Å². The van der Waals surface area contributed by atoms with Crippen molar-refractivity contribution in [1.29, 1.82) is 0 Å². The van der Waals surface area contributed by atoms with Gasteiger partial charge in [0.2, 0.25) is 5.91 Å². The van der Waals surface area contributed by atoms with Gasteiger partial charge in [-0.15, -0.1) is 0 Å². The molecule has 0 aliphatic carbocycles. The molecule has 18 heavy (non-hydrogen) atoms. The zero-order valence-corrected chi connectivity index (χ0v) is 11.5. The van der Waals surface area contributed by atoms with E-state index in [1.807, 2.05) is 0 Å². The van der Waals surface area contributed by atoms with Crippen LogP contribution in [0.3, 0.4) is 0 Å². The molecule has 104 valence electrons. The highest BCUT2D eigenvalue weighted by Gasteiger charge is 2.28. The molecule has 0 aliphatic heterocycles. The summed E-state index contributed by atoms with van der Waals surface area (Å²) >= 11 is 0. The Balaban J connectivity index is 4.56. The molecular weight excluding hydrogens is 238 g/mol. The minimum Gasteiger partial charge on any atom is -0.469 e. The highest BCUT2D eigenvalue weighted by molar-refractivity contribution is 5.87. The Morgan fingerprint density at radius 3 is 2.06 bits per heavy atom. The first kappa shape index (κ1) is 16.4. The van der Waals surface area contributed by atoms with Gasteiger partial charge in [0.1, 0.15) is 6.04 Å². The number of carbonyl (C=O) groups excluding carboxylic acids is 3. The van der Waals surface area contributed by atoms with E-state index in [1.165, 1.54) is 14.2 Å². The SMILES string of the molecule is COC(=O)CC[C@H](NC(=O)C(C)(C)C)C(=O)OC. The van der Waals surface area contributed by atoms with Gasteiger partial charge in [0.25, 0.3) is 0 Å². The first-order valence-electron chi connectivity index (χ1n) is 5.68. The maximum absolute atomic E-state index is 11.8. The van der Waals surface area contributed by atoms with Crippen LogP contribution >= 0.6 is 0 Å². The van der Waals surface area contributed by atoms with Crippen LogP contribution in [0.5, 0.6) is 0 Å². The summed E-state index contributed by atoms with van der Waals surface area (Å²) in [5.41, 5.74) is -0.614. The normalized spacial score (nSPS) is 12.5. The van der Waals surface area contributed by atoms with E-state index in [-0.39, 0.29) is 18.7 Å². The maximum atomic E-state index is 11.8. The van der Waals surface area contributed by atoms with E-state index in [4.69, 9.17) is 0 Å². The van der Waals surface area contributed by atoms with Crippen LogP contribution in [-0.4, -0.2) is 38.1 Å². The molecule has 1 amide bonds. The van der Waals surface area contributed by atoms with Gasteiger partial charge in [-0.1, -0.05) is 20.8 Å². The number of esters is 2.